The quantitative estimate of drug-likeness (QED) is 0.126. The average molecular weight is 900 g/mol. The number of benzene rings is 4. The van der Waals surface area contributed by atoms with E-state index in [0.29, 0.717) is 28.6 Å². The predicted octanol–water partition coefficient (Wildman–Crippen LogP) is 9.23. The van der Waals surface area contributed by atoms with Gasteiger partial charge in [-0.3, -0.25) is 13.8 Å². The molecule has 0 bridgehead atoms. The Morgan fingerprint density at radius 3 is 1.83 bits per heavy atom. The third-order valence-corrected chi connectivity index (χ3v) is 8.68. The maximum absolute atomic E-state index is 13.8. The number of hydrogen-bond acceptors (Lipinski definition) is 6. The minimum Gasteiger partial charge on any atom is -0.572 e. The number of aromatic nitrogens is 4. The van der Waals surface area contributed by atoms with Crippen molar-refractivity contribution in [1.82, 2.24) is 19.7 Å². The van der Waals surface area contributed by atoms with Crippen LogP contribution in [0.5, 0.6) is 0 Å². The van der Waals surface area contributed by atoms with E-state index in [9.17, 15) is 22.0 Å². The van der Waals surface area contributed by atoms with Crippen molar-refractivity contribution in [3.63, 3.8) is 0 Å². The van der Waals surface area contributed by atoms with Crippen molar-refractivity contribution < 1.29 is 42.1 Å². The van der Waals surface area contributed by atoms with E-state index in [0.717, 1.165) is 52.7 Å². The van der Waals surface area contributed by atoms with Gasteiger partial charge < -0.3 is 34.4 Å². The smallest absolute Gasteiger partial charge is 0.394 e. The third kappa shape index (κ3) is 7.38. The molecule has 53 heavy (non-hydrogen) atoms. The van der Waals surface area contributed by atoms with Gasteiger partial charge in [0.05, 0.1) is 0 Å². The summed E-state index contributed by atoms with van der Waals surface area (Å²) in [4.78, 5) is 11.6. The average Bonchev–Trinajstić information content (AvgIpc) is 3.90. The Morgan fingerprint density at radius 1 is 0.792 bits per heavy atom. The van der Waals surface area contributed by atoms with Crippen LogP contribution in [0.2, 0.25) is 0 Å². The fraction of sp³-hybridized carbons (Fsp3) is 0.179. The molecule has 4 heterocycles. The van der Waals surface area contributed by atoms with Crippen LogP contribution in [-0.4, -0.2) is 28.7 Å². The van der Waals surface area contributed by atoms with Crippen molar-refractivity contribution in [3.8, 4) is 22.8 Å². The fourth-order valence-electron chi connectivity index (χ4n) is 6.04. The van der Waals surface area contributed by atoms with E-state index in [-0.39, 0.29) is 31.6 Å². The molecule has 277 valence electrons. The van der Waals surface area contributed by atoms with E-state index in [1.807, 2.05) is 92.3 Å². The molecule has 0 N–H and O–H groups in total. The number of halogens is 5. The van der Waals surface area contributed by atoms with Crippen molar-refractivity contribution in [2.45, 2.75) is 25.9 Å². The number of rotatable bonds is 5. The van der Waals surface area contributed by atoms with E-state index in [1.165, 1.54) is 0 Å². The molecule has 8 rings (SSSR count). The summed E-state index contributed by atoms with van der Waals surface area (Å²) < 4.78 is 69.9. The fourth-order valence-corrected chi connectivity index (χ4v) is 6.04. The Kier molecular flexibility index (Phi) is 10.4. The van der Waals surface area contributed by atoms with Gasteiger partial charge in [-0.1, -0.05) is 67.1 Å². The SMILES string of the molecule is CC(C)c1cc(-c2nc(-c3[c-]cc(F)cc3F)cn2C)[n-]n1.CN1[CH-]N(c2[c-]c(N3[CH-]N(C)c4ccccc43)cc(C(F)(F)F)c2)c2ccccc21.[Ir]. The van der Waals surface area contributed by atoms with E-state index < -0.39 is 23.4 Å². The monoisotopic (exact) mass is 900 g/mol. The van der Waals surface area contributed by atoms with Gasteiger partial charge in [0.1, 0.15) is 5.82 Å². The molecule has 4 aromatic carbocycles. The molecule has 14 heteroatoms. The number of alkyl halides is 3. The second kappa shape index (κ2) is 14.7. The molecule has 1 radical (unpaired) electrons. The zero-order valence-electron chi connectivity index (χ0n) is 29.1. The summed E-state index contributed by atoms with van der Waals surface area (Å²) in [5.74, 6) is -0.516. The van der Waals surface area contributed by atoms with Crippen LogP contribution in [0.25, 0.3) is 22.8 Å². The van der Waals surface area contributed by atoms with Crippen LogP contribution in [0.15, 0.2) is 85.1 Å². The molecule has 2 aliphatic heterocycles. The maximum atomic E-state index is 13.8. The van der Waals surface area contributed by atoms with Gasteiger partial charge in [0.15, 0.2) is 0 Å². The summed E-state index contributed by atoms with van der Waals surface area (Å²) in [6.07, 6.45) is -2.82. The molecule has 0 spiro atoms. The molecule has 0 saturated heterocycles. The second-order valence-electron chi connectivity index (χ2n) is 12.7. The number of fused-ring (bicyclic) bond motifs is 2. The van der Waals surface area contributed by atoms with Gasteiger partial charge in [-0.2, -0.15) is 26.5 Å². The van der Waals surface area contributed by atoms with Crippen molar-refractivity contribution in [3.05, 3.63) is 133 Å². The van der Waals surface area contributed by atoms with E-state index in [1.54, 1.807) is 40.9 Å². The minimum absolute atomic E-state index is 0. The molecule has 0 fully saturated rings. The van der Waals surface area contributed by atoms with Crippen molar-refractivity contribution in [2.24, 2.45) is 7.05 Å². The van der Waals surface area contributed by atoms with Crippen LogP contribution < -0.4 is 24.7 Å². The first-order valence-corrected chi connectivity index (χ1v) is 16.3. The molecule has 6 aromatic rings. The Hall–Kier alpha value is -5.20. The van der Waals surface area contributed by atoms with E-state index in [2.05, 4.69) is 27.3 Å². The predicted molar refractivity (Wildman–Crippen MR) is 191 cm³/mol. The Labute approximate surface area is 317 Å². The molecular formula is C39H32F5IrN8-5. The Balaban J connectivity index is 0.000000187. The van der Waals surface area contributed by atoms with Gasteiger partial charge in [0.2, 0.25) is 0 Å². The molecule has 2 aliphatic rings. The van der Waals surface area contributed by atoms with Crippen molar-refractivity contribution in [1.29, 1.82) is 0 Å². The zero-order chi connectivity index (χ0) is 36.9. The third-order valence-electron chi connectivity index (χ3n) is 8.68. The maximum Gasteiger partial charge on any atom is 0.394 e. The normalized spacial score (nSPS) is 13.6. The van der Waals surface area contributed by atoms with Crippen LogP contribution in [0.1, 0.15) is 31.0 Å². The summed E-state index contributed by atoms with van der Waals surface area (Å²) in [7, 11) is 5.52. The zero-order valence-corrected chi connectivity index (χ0v) is 31.5. The second-order valence-corrected chi connectivity index (χ2v) is 12.7. The van der Waals surface area contributed by atoms with Gasteiger partial charge in [-0.15, -0.1) is 41.7 Å². The number of para-hydroxylation sites is 4. The van der Waals surface area contributed by atoms with Crippen LogP contribution in [0.3, 0.4) is 0 Å². The van der Waals surface area contributed by atoms with Crippen molar-refractivity contribution in [2.75, 3.05) is 33.7 Å². The Bertz CT molecular complexity index is 2170. The summed E-state index contributed by atoms with van der Waals surface area (Å²) in [6.45, 7) is 7.60. The number of aryl methyl sites for hydroxylation is 1. The number of imidazole rings is 1. The molecule has 2 aromatic heterocycles. The van der Waals surface area contributed by atoms with E-state index in [4.69, 9.17) is 0 Å². The van der Waals surface area contributed by atoms with Gasteiger partial charge >= 0.3 is 6.18 Å². The first-order chi connectivity index (χ1) is 24.8. The number of nitrogens with zero attached hydrogens (tertiary/aromatic N) is 8. The van der Waals surface area contributed by atoms with Gasteiger partial charge in [0.25, 0.3) is 0 Å². The molecular weight excluding hydrogens is 868 g/mol. The molecule has 0 atom stereocenters. The Morgan fingerprint density at radius 2 is 1.34 bits per heavy atom. The van der Waals surface area contributed by atoms with Crippen LogP contribution in [-0.2, 0) is 33.3 Å². The topological polar surface area (TPSA) is 57.8 Å². The van der Waals surface area contributed by atoms with Gasteiger partial charge in [-0.25, -0.2) is 0 Å². The van der Waals surface area contributed by atoms with Gasteiger partial charge in [0, 0.05) is 72.9 Å². The van der Waals surface area contributed by atoms with Crippen LogP contribution >= 0.6 is 0 Å². The number of anilines is 6. The minimum atomic E-state index is -4.48. The number of hydrogen-bond donors (Lipinski definition) is 0. The molecule has 0 unspecified atom stereocenters. The largest absolute Gasteiger partial charge is 0.572 e. The van der Waals surface area contributed by atoms with Crippen LogP contribution in [0.4, 0.5) is 56.1 Å². The molecule has 0 amide bonds. The molecule has 0 saturated carbocycles. The first kappa shape index (κ1) is 37.6. The summed E-state index contributed by atoms with van der Waals surface area (Å²) in [5.41, 5.74) is 5.41. The molecule has 8 nitrogen and oxygen atoms in total. The molecule has 0 aliphatic carbocycles. The standard InChI is InChI=1S/C23H18F3N4.C16H14F2N4.Ir/c1-27-14-29(21-9-5-3-7-19(21)27)17-11-16(23(24,25)26)12-18(13-17)30-15-28(2)20-8-4-6-10-22(20)30;1-9(2)13-7-14(21-20-13)16-19-15(8-22(16)3)11-5-4-10(17)6-12(11)18;/h3-12,14-15H,1-2H3;4,6-9H,1-3H3;/q-3;-2;. The van der Waals surface area contributed by atoms with Crippen molar-refractivity contribution >= 4 is 34.1 Å². The summed E-state index contributed by atoms with van der Waals surface area (Å²) in [6, 6.07) is 27.0. The van der Waals surface area contributed by atoms with Crippen LogP contribution in [0, 0.1) is 37.1 Å². The van der Waals surface area contributed by atoms with E-state index >= 15 is 0 Å². The first-order valence-electron chi connectivity index (χ1n) is 16.3. The summed E-state index contributed by atoms with van der Waals surface area (Å²) >= 11 is 0. The summed E-state index contributed by atoms with van der Waals surface area (Å²) in [5, 5.41) is 8.22. The van der Waals surface area contributed by atoms with Gasteiger partial charge in [-0.05, 0) is 50.5 Å².